The molecule has 1 aromatic heterocycles. The predicted octanol–water partition coefficient (Wildman–Crippen LogP) is 4.50. The van der Waals surface area contributed by atoms with Gasteiger partial charge >= 0.3 is 12.1 Å². The molecule has 1 N–H and O–H groups in total. The molecule has 1 aliphatic heterocycles. The van der Waals surface area contributed by atoms with Gasteiger partial charge in [-0.05, 0) is 40.4 Å². The lowest BCUT2D eigenvalue weighted by Crippen LogP contribution is -2.45. The number of likely N-dealkylation sites (tertiary alicyclic amines) is 1. The van der Waals surface area contributed by atoms with Crippen molar-refractivity contribution in [1.82, 2.24) is 9.88 Å². The highest BCUT2D eigenvalue weighted by Crippen LogP contribution is 2.53. The monoisotopic (exact) mass is 488 g/mol. The van der Waals surface area contributed by atoms with Gasteiger partial charge in [0.1, 0.15) is 18.8 Å². The standard InChI is InChI=1S/C23H25BrN2O5/c24-19-12-25-11-8-18(19)23(31-14-20(27)28)15-22(9-4-5-10-22)26(16-23)21(29)30-13-17-6-2-1-3-7-17/h1-3,6-8,11-12H,4-5,9-10,13-16H2,(H,27,28). The van der Waals surface area contributed by atoms with Gasteiger partial charge in [-0.2, -0.15) is 0 Å². The number of amides is 1. The Kier molecular flexibility index (Phi) is 6.29. The molecule has 1 aromatic carbocycles. The van der Waals surface area contributed by atoms with Crippen LogP contribution < -0.4 is 0 Å². The number of ether oxygens (including phenoxy) is 2. The third-order valence-electron chi connectivity index (χ3n) is 6.30. The van der Waals surface area contributed by atoms with Crippen molar-refractivity contribution in [3.8, 4) is 0 Å². The summed E-state index contributed by atoms with van der Waals surface area (Å²) in [5.41, 5.74) is 0.361. The number of carbonyl (C=O) groups is 2. The van der Waals surface area contributed by atoms with E-state index in [0.717, 1.165) is 41.3 Å². The molecule has 2 aliphatic rings. The van der Waals surface area contributed by atoms with E-state index < -0.39 is 29.8 Å². The molecule has 1 amide bonds. The van der Waals surface area contributed by atoms with E-state index in [4.69, 9.17) is 9.47 Å². The van der Waals surface area contributed by atoms with Gasteiger partial charge in [0, 0.05) is 34.4 Å². The summed E-state index contributed by atoms with van der Waals surface area (Å²) in [4.78, 5) is 30.5. The summed E-state index contributed by atoms with van der Waals surface area (Å²) in [6.07, 6.45) is 7.16. The van der Waals surface area contributed by atoms with Crippen LogP contribution in [0.3, 0.4) is 0 Å². The van der Waals surface area contributed by atoms with Crippen LogP contribution in [0.5, 0.6) is 0 Å². The van der Waals surface area contributed by atoms with Crippen LogP contribution in [-0.2, 0) is 26.5 Å². The van der Waals surface area contributed by atoms with E-state index in [1.807, 2.05) is 36.4 Å². The van der Waals surface area contributed by atoms with Gasteiger partial charge in [-0.1, -0.05) is 43.2 Å². The molecule has 2 fully saturated rings. The van der Waals surface area contributed by atoms with Crippen molar-refractivity contribution in [3.63, 3.8) is 0 Å². The maximum atomic E-state index is 13.2. The Morgan fingerprint density at radius 1 is 1.16 bits per heavy atom. The number of pyridine rings is 1. The fourth-order valence-corrected chi connectivity index (χ4v) is 5.55. The largest absolute Gasteiger partial charge is 0.480 e. The number of carbonyl (C=O) groups excluding carboxylic acids is 1. The highest BCUT2D eigenvalue weighted by molar-refractivity contribution is 9.10. The van der Waals surface area contributed by atoms with Crippen LogP contribution in [0.25, 0.3) is 0 Å². The van der Waals surface area contributed by atoms with Crippen LogP contribution in [-0.4, -0.2) is 45.7 Å². The van der Waals surface area contributed by atoms with E-state index in [-0.39, 0.29) is 13.2 Å². The zero-order chi connectivity index (χ0) is 21.9. The number of aromatic nitrogens is 1. The van der Waals surface area contributed by atoms with E-state index in [9.17, 15) is 14.7 Å². The molecule has 1 unspecified atom stereocenters. The van der Waals surface area contributed by atoms with Crippen LogP contribution in [0.15, 0.2) is 53.3 Å². The highest BCUT2D eigenvalue weighted by atomic mass is 79.9. The number of benzene rings is 1. The molecule has 1 saturated heterocycles. The van der Waals surface area contributed by atoms with Crippen molar-refractivity contribution >= 4 is 28.0 Å². The van der Waals surface area contributed by atoms with E-state index in [1.54, 1.807) is 17.3 Å². The molecule has 2 aromatic rings. The van der Waals surface area contributed by atoms with Gasteiger partial charge in [0.15, 0.2) is 0 Å². The minimum atomic E-state index is -1.05. The van der Waals surface area contributed by atoms with E-state index in [2.05, 4.69) is 20.9 Å². The molecular formula is C23H25BrN2O5. The topological polar surface area (TPSA) is 89.0 Å². The first-order valence-electron chi connectivity index (χ1n) is 10.4. The number of nitrogens with zero attached hydrogens (tertiary/aromatic N) is 2. The number of hydrogen-bond acceptors (Lipinski definition) is 5. The lowest BCUT2D eigenvalue weighted by Gasteiger charge is -2.33. The molecule has 164 valence electrons. The number of aliphatic carboxylic acids is 1. The lowest BCUT2D eigenvalue weighted by atomic mass is 9.84. The Labute approximate surface area is 189 Å². The van der Waals surface area contributed by atoms with Gasteiger partial charge < -0.3 is 14.6 Å². The second-order valence-corrected chi connectivity index (χ2v) is 9.12. The Morgan fingerprint density at radius 2 is 1.90 bits per heavy atom. The summed E-state index contributed by atoms with van der Waals surface area (Å²) in [7, 11) is 0. The second-order valence-electron chi connectivity index (χ2n) is 8.27. The minimum absolute atomic E-state index is 0.189. The molecule has 0 radical (unpaired) electrons. The molecule has 1 spiro atoms. The van der Waals surface area contributed by atoms with Gasteiger partial charge in [0.2, 0.25) is 0 Å². The zero-order valence-electron chi connectivity index (χ0n) is 17.1. The fraction of sp³-hybridized carbons (Fsp3) is 0.435. The molecule has 2 heterocycles. The molecular weight excluding hydrogens is 464 g/mol. The van der Waals surface area contributed by atoms with Crippen molar-refractivity contribution in [3.05, 3.63) is 64.4 Å². The summed E-state index contributed by atoms with van der Waals surface area (Å²) in [6.45, 7) is -0.0253. The summed E-state index contributed by atoms with van der Waals surface area (Å²) >= 11 is 3.54. The summed E-state index contributed by atoms with van der Waals surface area (Å²) in [5.74, 6) is -1.05. The Morgan fingerprint density at radius 3 is 2.58 bits per heavy atom. The molecule has 1 aliphatic carbocycles. The molecule has 1 saturated carbocycles. The van der Waals surface area contributed by atoms with E-state index in [1.165, 1.54) is 0 Å². The number of halogens is 1. The highest BCUT2D eigenvalue weighted by Gasteiger charge is 2.58. The van der Waals surface area contributed by atoms with Gasteiger partial charge in [0.25, 0.3) is 0 Å². The SMILES string of the molecule is O=C(O)COC1(c2ccncc2Br)CN(C(=O)OCc2ccccc2)C2(CCCC2)C1. The summed E-state index contributed by atoms with van der Waals surface area (Å²) in [5, 5.41) is 9.29. The average Bonchev–Trinajstić information content (AvgIpc) is 3.37. The third-order valence-corrected chi connectivity index (χ3v) is 6.93. The van der Waals surface area contributed by atoms with Crippen LogP contribution in [0.2, 0.25) is 0 Å². The molecule has 1 atom stereocenters. The predicted molar refractivity (Wildman–Crippen MR) is 116 cm³/mol. The minimum Gasteiger partial charge on any atom is -0.480 e. The molecule has 7 nitrogen and oxygen atoms in total. The summed E-state index contributed by atoms with van der Waals surface area (Å²) < 4.78 is 12.4. The van der Waals surface area contributed by atoms with E-state index in [0.29, 0.717) is 6.42 Å². The Balaban J connectivity index is 1.64. The molecule has 31 heavy (non-hydrogen) atoms. The molecule has 8 heteroatoms. The number of rotatable bonds is 6. The second kappa shape index (κ2) is 8.96. The van der Waals surface area contributed by atoms with E-state index >= 15 is 0 Å². The van der Waals surface area contributed by atoms with Gasteiger partial charge in [-0.3, -0.25) is 9.88 Å². The van der Waals surface area contributed by atoms with Gasteiger partial charge in [-0.25, -0.2) is 9.59 Å². The summed E-state index contributed by atoms with van der Waals surface area (Å²) in [6, 6.07) is 11.4. The van der Waals surface area contributed by atoms with Gasteiger partial charge in [0.05, 0.1) is 6.54 Å². The number of carboxylic acid groups (broad SMARTS) is 1. The first-order chi connectivity index (χ1) is 14.9. The Hall–Kier alpha value is -2.45. The lowest BCUT2D eigenvalue weighted by molar-refractivity contribution is -0.150. The maximum Gasteiger partial charge on any atom is 0.410 e. The van der Waals surface area contributed by atoms with Crippen molar-refractivity contribution < 1.29 is 24.2 Å². The van der Waals surface area contributed by atoms with Crippen molar-refractivity contribution in [2.45, 2.75) is 49.9 Å². The molecule has 0 bridgehead atoms. The quantitative estimate of drug-likeness (QED) is 0.643. The average molecular weight is 489 g/mol. The zero-order valence-corrected chi connectivity index (χ0v) is 18.7. The Bertz CT molecular complexity index is 948. The third kappa shape index (κ3) is 4.45. The number of carboxylic acids is 1. The van der Waals surface area contributed by atoms with Crippen LogP contribution in [0, 0.1) is 0 Å². The van der Waals surface area contributed by atoms with Crippen LogP contribution in [0.4, 0.5) is 4.79 Å². The number of hydrogen-bond donors (Lipinski definition) is 1. The van der Waals surface area contributed by atoms with Crippen molar-refractivity contribution in [1.29, 1.82) is 0 Å². The first kappa shape index (κ1) is 21.8. The normalized spacial score (nSPS) is 22.0. The van der Waals surface area contributed by atoms with Gasteiger partial charge in [-0.15, -0.1) is 0 Å². The van der Waals surface area contributed by atoms with Crippen molar-refractivity contribution in [2.75, 3.05) is 13.2 Å². The molecule has 4 rings (SSSR count). The smallest absolute Gasteiger partial charge is 0.410 e. The van der Waals surface area contributed by atoms with Crippen LogP contribution >= 0.6 is 15.9 Å². The maximum absolute atomic E-state index is 13.2. The van der Waals surface area contributed by atoms with Crippen molar-refractivity contribution in [2.24, 2.45) is 0 Å². The fourth-order valence-electron chi connectivity index (χ4n) is 4.94. The van der Waals surface area contributed by atoms with Crippen LogP contribution in [0.1, 0.15) is 43.2 Å². The first-order valence-corrected chi connectivity index (χ1v) is 11.2.